The van der Waals surface area contributed by atoms with Crippen molar-refractivity contribution in [2.45, 2.75) is 4.90 Å². The third-order valence-corrected chi connectivity index (χ3v) is 6.41. The van der Waals surface area contributed by atoms with E-state index in [4.69, 9.17) is 0 Å². The number of likely N-dealkylation sites (tertiary alicyclic amines) is 1. The summed E-state index contributed by atoms with van der Waals surface area (Å²) in [7, 11) is -3.49. The topological polar surface area (TPSA) is 104 Å². The number of carboxylic acid groups (broad SMARTS) is 1. The molecule has 2 atom stereocenters. The van der Waals surface area contributed by atoms with E-state index in [9.17, 15) is 23.1 Å². The van der Waals surface area contributed by atoms with Crippen LogP contribution in [-0.4, -0.2) is 62.2 Å². The maximum atomic E-state index is 12.4. The Hall–Kier alpha value is -1.64. The number of hydrogen-bond donors (Lipinski definition) is 2. The number of nitrogens with one attached hydrogen (secondary N) is 1. The van der Waals surface area contributed by atoms with Crippen LogP contribution in [0.4, 0.5) is 0 Å². The van der Waals surface area contributed by atoms with Crippen LogP contribution in [0, 0.1) is 11.3 Å². The predicted octanol–water partition coefficient (Wildman–Crippen LogP) is 0.0147. The second-order valence-corrected chi connectivity index (χ2v) is 8.15. The zero-order chi connectivity index (χ0) is 16.7. The third-order valence-electron chi connectivity index (χ3n) is 4.70. The van der Waals surface area contributed by atoms with Gasteiger partial charge in [-0.1, -0.05) is 18.2 Å². The summed E-state index contributed by atoms with van der Waals surface area (Å²) in [4.78, 5) is 25.5. The molecule has 0 spiro atoms. The van der Waals surface area contributed by atoms with Crippen molar-refractivity contribution in [2.24, 2.45) is 11.3 Å². The van der Waals surface area contributed by atoms with Gasteiger partial charge in [0.25, 0.3) is 0 Å². The number of amides is 1. The Morgan fingerprint density at radius 2 is 2.00 bits per heavy atom. The zero-order valence-electron chi connectivity index (χ0n) is 12.8. The fourth-order valence-corrected chi connectivity index (χ4v) is 4.61. The molecule has 2 fully saturated rings. The first kappa shape index (κ1) is 18.7. The number of sulfone groups is 1. The molecule has 2 aliphatic rings. The molecule has 24 heavy (non-hydrogen) atoms. The second kappa shape index (κ2) is 6.70. The fourth-order valence-electron chi connectivity index (χ4n) is 3.34. The van der Waals surface area contributed by atoms with E-state index in [-0.39, 0.29) is 48.6 Å². The monoisotopic (exact) mass is 374 g/mol. The Labute approximate surface area is 146 Å². The van der Waals surface area contributed by atoms with Gasteiger partial charge in [-0.05, 0) is 12.1 Å². The van der Waals surface area contributed by atoms with Gasteiger partial charge in [0, 0.05) is 26.2 Å². The van der Waals surface area contributed by atoms with Crippen LogP contribution in [0.1, 0.15) is 0 Å². The van der Waals surface area contributed by atoms with E-state index in [1.165, 1.54) is 17.0 Å². The van der Waals surface area contributed by atoms with Crippen LogP contribution < -0.4 is 5.32 Å². The standard InChI is InChI=1S/C15H18N2O5S.ClH/c18-13-12-8-16-9-15(12,14(19)20)10-17(13)6-7-23(21,22)11-4-2-1-3-5-11;/h1-5,12,16H,6-10H2,(H,19,20);1H/t12-,15-;/m0./s1. The molecule has 2 aliphatic heterocycles. The Balaban J connectivity index is 0.00000208. The molecule has 9 heteroatoms. The van der Waals surface area contributed by atoms with Crippen LogP contribution >= 0.6 is 12.4 Å². The average Bonchev–Trinajstić information content (AvgIpc) is 3.06. The summed E-state index contributed by atoms with van der Waals surface area (Å²) in [6.07, 6.45) is 0. The molecule has 3 rings (SSSR count). The fraction of sp³-hybridized carbons (Fsp3) is 0.467. The van der Waals surface area contributed by atoms with Gasteiger partial charge >= 0.3 is 5.97 Å². The quantitative estimate of drug-likeness (QED) is 0.752. The minimum Gasteiger partial charge on any atom is -0.481 e. The van der Waals surface area contributed by atoms with E-state index in [0.29, 0.717) is 6.54 Å². The third kappa shape index (κ3) is 3.01. The molecule has 0 saturated carbocycles. The van der Waals surface area contributed by atoms with Gasteiger partial charge < -0.3 is 15.3 Å². The summed E-state index contributed by atoms with van der Waals surface area (Å²) in [6, 6.07) is 8.04. The van der Waals surface area contributed by atoms with Crippen molar-refractivity contribution in [3.05, 3.63) is 30.3 Å². The van der Waals surface area contributed by atoms with Gasteiger partial charge in [0.15, 0.2) is 9.84 Å². The smallest absolute Gasteiger partial charge is 0.313 e. The molecule has 1 amide bonds. The molecular formula is C15H19ClN2O5S. The van der Waals surface area contributed by atoms with Gasteiger partial charge in [-0.25, -0.2) is 8.42 Å². The molecule has 0 bridgehead atoms. The maximum Gasteiger partial charge on any atom is 0.313 e. The minimum atomic E-state index is -3.49. The zero-order valence-corrected chi connectivity index (χ0v) is 14.5. The highest BCUT2D eigenvalue weighted by Crippen LogP contribution is 2.40. The van der Waals surface area contributed by atoms with Crippen molar-refractivity contribution < 1.29 is 23.1 Å². The molecule has 2 heterocycles. The van der Waals surface area contributed by atoms with Crippen LogP contribution in [0.3, 0.4) is 0 Å². The second-order valence-electron chi connectivity index (χ2n) is 6.04. The highest BCUT2D eigenvalue weighted by atomic mass is 35.5. The Bertz CT molecular complexity index is 739. The number of carboxylic acids is 1. The number of aliphatic carboxylic acids is 1. The lowest BCUT2D eigenvalue weighted by Crippen LogP contribution is -2.40. The summed E-state index contributed by atoms with van der Waals surface area (Å²) < 4.78 is 24.6. The highest BCUT2D eigenvalue weighted by Gasteiger charge is 2.59. The van der Waals surface area contributed by atoms with Crippen molar-refractivity contribution in [3.63, 3.8) is 0 Å². The number of rotatable bonds is 5. The molecule has 132 valence electrons. The molecule has 7 nitrogen and oxygen atoms in total. The Morgan fingerprint density at radius 3 is 2.58 bits per heavy atom. The SMILES string of the molecule is Cl.O=C1[C@@H]2CNC[C@]2(C(=O)O)CN1CCS(=O)(=O)c1ccccc1. The lowest BCUT2D eigenvalue weighted by atomic mass is 9.81. The number of benzene rings is 1. The Kier molecular flexibility index (Phi) is 5.22. The number of nitrogens with zero attached hydrogens (tertiary/aromatic N) is 1. The molecule has 0 radical (unpaired) electrons. The predicted molar refractivity (Wildman–Crippen MR) is 88.8 cm³/mol. The maximum absolute atomic E-state index is 12.4. The van der Waals surface area contributed by atoms with Crippen molar-refractivity contribution in [1.29, 1.82) is 0 Å². The van der Waals surface area contributed by atoms with E-state index < -0.39 is 27.1 Å². The first-order valence-corrected chi connectivity index (χ1v) is 9.03. The van der Waals surface area contributed by atoms with Crippen LogP contribution in [0.5, 0.6) is 0 Å². The minimum absolute atomic E-state index is 0. The summed E-state index contributed by atoms with van der Waals surface area (Å²) >= 11 is 0. The van der Waals surface area contributed by atoms with Crippen LogP contribution in [0.25, 0.3) is 0 Å². The number of carbonyl (C=O) groups excluding carboxylic acids is 1. The first-order chi connectivity index (χ1) is 10.9. The van der Waals surface area contributed by atoms with Gasteiger partial charge in [0.05, 0.1) is 16.6 Å². The highest BCUT2D eigenvalue weighted by molar-refractivity contribution is 7.91. The van der Waals surface area contributed by atoms with Crippen LogP contribution in [0.2, 0.25) is 0 Å². The normalized spacial score (nSPS) is 26.1. The van der Waals surface area contributed by atoms with Crippen molar-refractivity contribution in [1.82, 2.24) is 10.2 Å². The number of hydrogen-bond acceptors (Lipinski definition) is 5. The van der Waals surface area contributed by atoms with Crippen molar-refractivity contribution in [2.75, 3.05) is 31.9 Å². The first-order valence-electron chi connectivity index (χ1n) is 7.37. The van der Waals surface area contributed by atoms with Gasteiger partial charge in [0.2, 0.25) is 5.91 Å². The molecular weight excluding hydrogens is 356 g/mol. The molecule has 1 aromatic carbocycles. The number of fused-ring (bicyclic) bond motifs is 1. The van der Waals surface area contributed by atoms with E-state index >= 15 is 0 Å². The molecule has 0 aliphatic carbocycles. The Morgan fingerprint density at radius 1 is 1.33 bits per heavy atom. The molecule has 0 aromatic heterocycles. The van der Waals surface area contributed by atoms with Crippen LogP contribution in [-0.2, 0) is 19.4 Å². The largest absolute Gasteiger partial charge is 0.481 e. The van der Waals surface area contributed by atoms with E-state index in [1.807, 2.05) is 0 Å². The number of halogens is 1. The molecule has 0 unspecified atom stereocenters. The van der Waals surface area contributed by atoms with Crippen molar-refractivity contribution in [3.8, 4) is 0 Å². The van der Waals surface area contributed by atoms with Gasteiger partial charge in [-0.2, -0.15) is 0 Å². The van der Waals surface area contributed by atoms with E-state index in [0.717, 1.165) is 0 Å². The average molecular weight is 375 g/mol. The molecule has 2 N–H and O–H groups in total. The van der Waals surface area contributed by atoms with E-state index in [2.05, 4.69) is 5.32 Å². The number of carbonyl (C=O) groups is 2. The lowest BCUT2D eigenvalue weighted by molar-refractivity contribution is -0.149. The summed E-state index contributed by atoms with van der Waals surface area (Å²) in [6.45, 7) is 0.637. The van der Waals surface area contributed by atoms with Crippen molar-refractivity contribution >= 4 is 34.1 Å². The van der Waals surface area contributed by atoms with Gasteiger partial charge in [-0.3, -0.25) is 9.59 Å². The molecule has 1 aromatic rings. The summed E-state index contributed by atoms with van der Waals surface area (Å²) in [5, 5.41) is 12.4. The van der Waals surface area contributed by atoms with Gasteiger partial charge in [-0.15, -0.1) is 12.4 Å². The van der Waals surface area contributed by atoms with E-state index in [1.54, 1.807) is 18.2 Å². The lowest BCUT2D eigenvalue weighted by Gasteiger charge is -2.22. The molecule has 2 saturated heterocycles. The van der Waals surface area contributed by atoms with Crippen LogP contribution in [0.15, 0.2) is 35.2 Å². The summed E-state index contributed by atoms with van der Waals surface area (Å²) in [5.41, 5.74) is -1.13. The summed E-state index contributed by atoms with van der Waals surface area (Å²) in [5.74, 6) is -2.10. The van der Waals surface area contributed by atoms with Gasteiger partial charge in [0.1, 0.15) is 5.41 Å².